The first kappa shape index (κ1) is 13.2. The van der Waals surface area contributed by atoms with Crippen molar-refractivity contribution in [2.75, 3.05) is 7.11 Å². The molecule has 0 N–H and O–H groups in total. The van der Waals surface area contributed by atoms with Gasteiger partial charge in [0.05, 0.1) is 19.1 Å². The second-order valence-corrected chi connectivity index (χ2v) is 4.90. The molecule has 0 radical (unpaired) electrons. The van der Waals surface area contributed by atoms with Gasteiger partial charge in [-0.25, -0.2) is 0 Å². The number of benzene rings is 3. The molecule has 0 bridgehead atoms. The average molecular weight is 273 g/mol. The minimum Gasteiger partial charge on any atom is -0.497 e. The van der Waals surface area contributed by atoms with E-state index < -0.39 is 0 Å². The lowest BCUT2D eigenvalue weighted by Gasteiger charge is -2.13. The summed E-state index contributed by atoms with van der Waals surface area (Å²) in [5.74, 6) is 0.523. The normalized spacial score (nSPS) is 11.8. The standard InChI is InChI=1S/C19H15NO/c1-21-16-11-9-15(10-12-16)19(13-20)18-8-4-6-14-5-2-3-7-17(14)18/h2-12,19H,1H3. The first-order valence-electron chi connectivity index (χ1n) is 6.84. The first-order valence-corrected chi connectivity index (χ1v) is 6.84. The van der Waals surface area contributed by atoms with Crippen LogP contribution in [0.2, 0.25) is 0 Å². The van der Waals surface area contributed by atoms with Gasteiger partial charge in [0, 0.05) is 0 Å². The summed E-state index contributed by atoms with van der Waals surface area (Å²) in [4.78, 5) is 0. The maximum absolute atomic E-state index is 9.64. The van der Waals surface area contributed by atoms with E-state index in [9.17, 15) is 5.26 Å². The molecular formula is C19H15NO. The predicted molar refractivity (Wildman–Crippen MR) is 84.4 cm³/mol. The van der Waals surface area contributed by atoms with Crippen LogP contribution in [0.4, 0.5) is 0 Å². The number of nitriles is 1. The molecule has 0 amide bonds. The van der Waals surface area contributed by atoms with Crippen LogP contribution in [-0.2, 0) is 0 Å². The molecule has 1 unspecified atom stereocenters. The Morgan fingerprint density at radius 1 is 0.905 bits per heavy atom. The lowest BCUT2D eigenvalue weighted by atomic mass is 9.89. The fourth-order valence-electron chi connectivity index (χ4n) is 2.62. The fourth-order valence-corrected chi connectivity index (χ4v) is 2.62. The van der Waals surface area contributed by atoms with Gasteiger partial charge in [-0.1, -0.05) is 54.6 Å². The van der Waals surface area contributed by atoms with Gasteiger partial charge in [-0.15, -0.1) is 0 Å². The molecule has 3 rings (SSSR count). The van der Waals surface area contributed by atoms with Crippen molar-refractivity contribution in [3.63, 3.8) is 0 Å². The molecule has 1 atom stereocenters. The number of ether oxygens (including phenoxy) is 1. The van der Waals surface area contributed by atoms with Crippen molar-refractivity contribution >= 4 is 10.8 Å². The molecule has 3 aromatic carbocycles. The van der Waals surface area contributed by atoms with Crippen LogP contribution in [0.15, 0.2) is 66.7 Å². The van der Waals surface area contributed by atoms with Crippen LogP contribution in [0.5, 0.6) is 5.75 Å². The summed E-state index contributed by atoms with van der Waals surface area (Å²) < 4.78 is 5.18. The first-order chi connectivity index (χ1) is 10.3. The Balaban J connectivity index is 2.12. The van der Waals surface area contributed by atoms with Crippen LogP contribution in [0.1, 0.15) is 17.0 Å². The topological polar surface area (TPSA) is 33.0 Å². The van der Waals surface area contributed by atoms with E-state index >= 15 is 0 Å². The molecule has 3 aromatic rings. The summed E-state index contributed by atoms with van der Waals surface area (Å²) in [6.45, 7) is 0. The molecule has 0 aliphatic heterocycles. The number of nitrogens with zero attached hydrogens (tertiary/aromatic N) is 1. The van der Waals surface area contributed by atoms with E-state index in [4.69, 9.17) is 4.74 Å². The highest BCUT2D eigenvalue weighted by Crippen LogP contribution is 2.31. The van der Waals surface area contributed by atoms with E-state index in [0.717, 1.165) is 27.6 Å². The largest absolute Gasteiger partial charge is 0.497 e. The Morgan fingerprint density at radius 3 is 2.33 bits per heavy atom. The van der Waals surface area contributed by atoms with Gasteiger partial charge in [-0.05, 0) is 34.0 Å². The van der Waals surface area contributed by atoms with Gasteiger partial charge < -0.3 is 4.74 Å². The van der Waals surface area contributed by atoms with Gasteiger partial charge in [0.2, 0.25) is 0 Å². The van der Waals surface area contributed by atoms with Gasteiger partial charge in [0.25, 0.3) is 0 Å². The third-order valence-corrected chi connectivity index (χ3v) is 3.71. The molecule has 0 aliphatic carbocycles. The Kier molecular flexibility index (Phi) is 3.57. The summed E-state index contributed by atoms with van der Waals surface area (Å²) >= 11 is 0. The van der Waals surface area contributed by atoms with Crippen molar-refractivity contribution in [3.05, 3.63) is 77.9 Å². The lowest BCUT2D eigenvalue weighted by Crippen LogP contribution is -1.99. The number of hydrogen-bond acceptors (Lipinski definition) is 2. The minimum atomic E-state index is -0.276. The van der Waals surface area contributed by atoms with E-state index in [2.05, 4.69) is 24.3 Å². The number of hydrogen-bond donors (Lipinski definition) is 0. The van der Waals surface area contributed by atoms with Crippen molar-refractivity contribution in [2.45, 2.75) is 5.92 Å². The molecular weight excluding hydrogens is 258 g/mol. The average Bonchev–Trinajstić information content (AvgIpc) is 2.56. The van der Waals surface area contributed by atoms with Gasteiger partial charge in [-0.2, -0.15) is 5.26 Å². The molecule has 21 heavy (non-hydrogen) atoms. The van der Waals surface area contributed by atoms with Crippen LogP contribution >= 0.6 is 0 Å². The summed E-state index contributed by atoms with van der Waals surface area (Å²) in [5.41, 5.74) is 2.02. The Labute approximate surface area is 124 Å². The molecule has 0 aromatic heterocycles. The highest BCUT2D eigenvalue weighted by Gasteiger charge is 2.15. The third kappa shape index (κ3) is 2.46. The molecule has 0 aliphatic rings. The van der Waals surface area contributed by atoms with Crippen molar-refractivity contribution in [3.8, 4) is 11.8 Å². The van der Waals surface area contributed by atoms with E-state index in [1.807, 2.05) is 48.5 Å². The highest BCUT2D eigenvalue weighted by molar-refractivity contribution is 5.87. The summed E-state index contributed by atoms with van der Waals surface area (Å²) in [5, 5.41) is 11.9. The maximum atomic E-state index is 9.64. The molecule has 0 heterocycles. The molecule has 0 fully saturated rings. The molecule has 2 heteroatoms. The monoisotopic (exact) mass is 273 g/mol. The highest BCUT2D eigenvalue weighted by atomic mass is 16.5. The van der Waals surface area contributed by atoms with Gasteiger partial charge in [0.15, 0.2) is 0 Å². The summed E-state index contributed by atoms with van der Waals surface area (Å²) in [6, 6.07) is 24.4. The van der Waals surface area contributed by atoms with Gasteiger partial charge in [-0.3, -0.25) is 0 Å². The smallest absolute Gasteiger partial charge is 0.118 e. The zero-order valence-corrected chi connectivity index (χ0v) is 11.8. The maximum Gasteiger partial charge on any atom is 0.118 e. The zero-order valence-electron chi connectivity index (χ0n) is 11.8. The SMILES string of the molecule is COc1ccc(C(C#N)c2cccc3ccccc23)cc1. The second-order valence-electron chi connectivity index (χ2n) is 4.90. The van der Waals surface area contributed by atoms with Crippen molar-refractivity contribution < 1.29 is 4.74 Å². The van der Waals surface area contributed by atoms with E-state index in [1.54, 1.807) is 7.11 Å². The zero-order chi connectivity index (χ0) is 14.7. The number of methoxy groups -OCH3 is 1. The van der Waals surface area contributed by atoms with Crippen LogP contribution < -0.4 is 4.74 Å². The summed E-state index contributed by atoms with van der Waals surface area (Å²) in [7, 11) is 1.64. The fraction of sp³-hybridized carbons (Fsp3) is 0.105. The van der Waals surface area contributed by atoms with E-state index in [1.165, 1.54) is 0 Å². The van der Waals surface area contributed by atoms with E-state index in [-0.39, 0.29) is 5.92 Å². The quantitative estimate of drug-likeness (QED) is 0.703. The Hall–Kier alpha value is -2.79. The van der Waals surface area contributed by atoms with E-state index in [0.29, 0.717) is 0 Å². The molecule has 102 valence electrons. The van der Waals surface area contributed by atoms with Crippen LogP contribution in [-0.4, -0.2) is 7.11 Å². The predicted octanol–water partition coefficient (Wildman–Crippen LogP) is 4.50. The minimum absolute atomic E-state index is 0.276. The molecule has 0 spiro atoms. The van der Waals surface area contributed by atoms with Crippen LogP contribution in [0, 0.1) is 11.3 Å². The lowest BCUT2D eigenvalue weighted by molar-refractivity contribution is 0.414. The summed E-state index contributed by atoms with van der Waals surface area (Å²) in [6.07, 6.45) is 0. The number of fused-ring (bicyclic) bond motifs is 1. The van der Waals surface area contributed by atoms with Crippen molar-refractivity contribution in [1.29, 1.82) is 5.26 Å². The van der Waals surface area contributed by atoms with Gasteiger partial charge in [0.1, 0.15) is 5.75 Å². The van der Waals surface area contributed by atoms with Crippen molar-refractivity contribution in [1.82, 2.24) is 0 Å². The van der Waals surface area contributed by atoms with Crippen molar-refractivity contribution in [2.24, 2.45) is 0 Å². The molecule has 0 saturated heterocycles. The second kappa shape index (κ2) is 5.68. The van der Waals surface area contributed by atoms with Gasteiger partial charge >= 0.3 is 0 Å². The number of rotatable bonds is 3. The Morgan fingerprint density at radius 2 is 1.62 bits per heavy atom. The molecule has 0 saturated carbocycles. The van der Waals surface area contributed by atoms with Crippen LogP contribution in [0.3, 0.4) is 0 Å². The molecule has 2 nitrogen and oxygen atoms in total. The Bertz CT molecular complexity index is 794. The van der Waals surface area contributed by atoms with Crippen LogP contribution in [0.25, 0.3) is 10.8 Å². The third-order valence-electron chi connectivity index (χ3n) is 3.71.